The lowest BCUT2D eigenvalue weighted by atomic mass is 9.84. The first-order valence-electron chi connectivity index (χ1n) is 4.74. The molecule has 0 spiro atoms. The summed E-state index contributed by atoms with van der Waals surface area (Å²) in [5, 5.41) is 3.57. The fourth-order valence-corrected chi connectivity index (χ4v) is 2.91. The van der Waals surface area contributed by atoms with Crippen molar-refractivity contribution < 1.29 is 0 Å². The number of rotatable bonds is 2. The normalized spacial score (nSPS) is 38.5. The highest BCUT2D eigenvalue weighted by atomic mass is 32.1. The molecular formula is C9H16N2S. The molecular weight excluding hydrogens is 168 g/mol. The third-order valence-corrected chi connectivity index (χ3v) is 3.67. The minimum Gasteiger partial charge on any atom is -0.376 e. The number of hydrogen-bond donors (Lipinski definition) is 2. The van der Waals surface area contributed by atoms with Gasteiger partial charge in [0.15, 0.2) is 5.11 Å². The maximum atomic E-state index is 5.42. The lowest BCUT2D eigenvalue weighted by Crippen LogP contribution is -2.37. The van der Waals surface area contributed by atoms with Crippen LogP contribution in [0.5, 0.6) is 0 Å². The summed E-state index contributed by atoms with van der Waals surface area (Å²) >= 11 is 4.81. The molecule has 0 atom stereocenters. The molecule has 2 bridgehead atoms. The molecule has 2 nitrogen and oxygen atoms in total. The number of fused-ring (bicyclic) bond motifs is 2. The van der Waals surface area contributed by atoms with Crippen molar-refractivity contribution in [1.82, 2.24) is 5.32 Å². The Morgan fingerprint density at radius 2 is 2.17 bits per heavy atom. The Labute approximate surface area is 78.9 Å². The van der Waals surface area contributed by atoms with Crippen molar-refractivity contribution in [2.45, 2.75) is 32.1 Å². The second-order valence-corrected chi connectivity index (χ2v) is 4.81. The average Bonchev–Trinajstić information content (AvgIpc) is 2.60. The molecule has 2 aliphatic carbocycles. The van der Waals surface area contributed by atoms with E-state index in [1.165, 1.54) is 32.1 Å². The zero-order chi connectivity index (χ0) is 8.60. The van der Waals surface area contributed by atoms with E-state index in [2.05, 4.69) is 5.32 Å². The van der Waals surface area contributed by atoms with Gasteiger partial charge in [0.2, 0.25) is 0 Å². The first-order valence-corrected chi connectivity index (χ1v) is 5.14. The maximum Gasteiger partial charge on any atom is 0.163 e. The summed E-state index contributed by atoms with van der Waals surface area (Å²) in [6.45, 7) is 1.01. The summed E-state index contributed by atoms with van der Waals surface area (Å²) in [4.78, 5) is 0. The summed E-state index contributed by atoms with van der Waals surface area (Å²) in [5.41, 5.74) is 5.98. The molecule has 0 aromatic carbocycles. The molecule has 0 heterocycles. The van der Waals surface area contributed by atoms with Gasteiger partial charge >= 0.3 is 0 Å². The molecule has 0 amide bonds. The lowest BCUT2D eigenvalue weighted by Gasteiger charge is -2.26. The Kier molecular flexibility index (Phi) is 1.99. The van der Waals surface area contributed by atoms with E-state index in [0.29, 0.717) is 10.5 Å². The van der Waals surface area contributed by atoms with Crippen molar-refractivity contribution in [2.24, 2.45) is 17.1 Å². The van der Waals surface area contributed by atoms with Crippen LogP contribution in [0.15, 0.2) is 0 Å². The first kappa shape index (κ1) is 8.30. The smallest absolute Gasteiger partial charge is 0.163 e. The molecule has 2 rings (SSSR count). The predicted octanol–water partition coefficient (Wildman–Crippen LogP) is 1.40. The van der Waals surface area contributed by atoms with Crippen LogP contribution in [0, 0.1) is 11.3 Å². The summed E-state index contributed by atoms with van der Waals surface area (Å²) in [6, 6.07) is 0. The molecule has 0 aromatic rings. The fourth-order valence-electron chi connectivity index (χ4n) is 2.83. The molecule has 0 saturated heterocycles. The highest BCUT2D eigenvalue weighted by Gasteiger charge is 2.44. The van der Waals surface area contributed by atoms with E-state index < -0.39 is 0 Å². The molecule has 0 unspecified atom stereocenters. The summed E-state index contributed by atoms with van der Waals surface area (Å²) in [7, 11) is 0. The summed E-state index contributed by atoms with van der Waals surface area (Å²) in [6.07, 6.45) is 7.03. The van der Waals surface area contributed by atoms with Gasteiger partial charge in [0.25, 0.3) is 0 Å². The Hall–Kier alpha value is -0.310. The third kappa shape index (κ3) is 1.42. The Morgan fingerprint density at radius 3 is 2.58 bits per heavy atom. The van der Waals surface area contributed by atoms with Gasteiger partial charge in [-0.05, 0) is 55.7 Å². The topological polar surface area (TPSA) is 38.0 Å². The molecule has 3 N–H and O–H groups in total. The van der Waals surface area contributed by atoms with E-state index >= 15 is 0 Å². The SMILES string of the molecule is NC(=S)NCC12CCC(CC1)C2. The molecule has 0 aromatic heterocycles. The third-order valence-electron chi connectivity index (χ3n) is 3.53. The molecule has 0 aliphatic heterocycles. The Bertz CT molecular complexity index is 195. The van der Waals surface area contributed by atoms with Crippen molar-refractivity contribution in [3.05, 3.63) is 0 Å². The van der Waals surface area contributed by atoms with E-state index in [9.17, 15) is 0 Å². The van der Waals surface area contributed by atoms with Crippen molar-refractivity contribution in [2.75, 3.05) is 6.54 Å². The van der Waals surface area contributed by atoms with Gasteiger partial charge in [-0.2, -0.15) is 0 Å². The second kappa shape index (κ2) is 2.87. The molecule has 12 heavy (non-hydrogen) atoms. The minimum atomic E-state index is 0.458. The Balaban J connectivity index is 1.90. The van der Waals surface area contributed by atoms with Gasteiger partial charge in [0.1, 0.15) is 0 Å². The van der Waals surface area contributed by atoms with E-state index in [0.717, 1.165) is 12.5 Å². The number of nitrogens with two attached hydrogens (primary N) is 1. The van der Waals surface area contributed by atoms with Gasteiger partial charge in [-0.3, -0.25) is 0 Å². The van der Waals surface area contributed by atoms with Crippen LogP contribution >= 0.6 is 12.2 Å². The van der Waals surface area contributed by atoms with Crippen LogP contribution in [-0.4, -0.2) is 11.7 Å². The van der Waals surface area contributed by atoms with Crippen LogP contribution in [0.25, 0.3) is 0 Å². The largest absolute Gasteiger partial charge is 0.376 e. The lowest BCUT2D eigenvalue weighted by molar-refractivity contribution is 0.295. The molecule has 2 saturated carbocycles. The van der Waals surface area contributed by atoms with Crippen molar-refractivity contribution in [3.8, 4) is 0 Å². The van der Waals surface area contributed by atoms with Crippen LogP contribution in [0.1, 0.15) is 32.1 Å². The van der Waals surface area contributed by atoms with Crippen molar-refractivity contribution in [1.29, 1.82) is 0 Å². The van der Waals surface area contributed by atoms with E-state index in [4.69, 9.17) is 18.0 Å². The van der Waals surface area contributed by atoms with Gasteiger partial charge in [-0.15, -0.1) is 0 Å². The zero-order valence-corrected chi connectivity index (χ0v) is 8.12. The fraction of sp³-hybridized carbons (Fsp3) is 0.889. The number of nitrogens with one attached hydrogen (secondary N) is 1. The zero-order valence-electron chi connectivity index (χ0n) is 7.31. The van der Waals surface area contributed by atoms with Crippen molar-refractivity contribution >= 4 is 17.3 Å². The van der Waals surface area contributed by atoms with E-state index in [-0.39, 0.29) is 0 Å². The molecule has 2 fully saturated rings. The van der Waals surface area contributed by atoms with Crippen molar-refractivity contribution in [3.63, 3.8) is 0 Å². The van der Waals surface area contributed by atoms with Crippen LogP contribution < -0.4 is 11.1 Å². The molecule has 0 radical (unpaired) electrons. The van der Waals surface area contributed by atoms with E-state index in [1.807, 2.05) is 0 Å². The molecule has 68 valence electrons. The standard InChI is InChI=1S/C9H16N2S/c10-8(12)11-6-9-3-1-7(5-9)2-4-9/h7H,1-6H2,(H3,10,11,12). The van der Waals surface area contributed by atoms with Gasteiger partial charge in [0, 0.05) is 6.54 Å². The summed E-state index contributed by atoms with van der Waals surface area (Å²) in [5.74, 6) is 1.01. The van der Waals surface area contributed by atoms with Gasteiger partial charge in [-0.25, -0.2) is 0 Å². The van der Waals surface area contributed by atoms with Crippen LogP contribution in [0.4, 0.5) is 0 Å². The quantitative estimate of drug-likeness (QED) is 0.637. The maximum absolute atomic E-state index is 5.42. The molecule has 2 aliphatic rings. The monoisotopic (exact) mass is 184 g/mol. The van der Waals surface area contributed by atoms with Crippen LogP contribution in [0.2, 0.25) is 0 Å². The molecule has 3 heteroatoms. The average molecular weight is 184 g/mol. The second-order valence-electron chi connectivity index (χ2n) is 4.37. The number of hydrogen-bond acceptors (Lipinski definition) is 1. The van der Waals surface area contributed by atoms with Gasteiger partial charge in [0.05, 0.1) is 0 Å². The van der Waals surface area contributed by atoms with Gasteiger partial charge in [-0.1, -0.05) is 0 Å². The highest BCUT2D eigenvalue weighted by Crippen LogP contribution is 2.53. The minimum absolute atomic E-state index is 0.458. The Morgan fingerprint density at radius 1 is 1.50 bits per heavy atom. The van der Waals surface area contributed by atoms with E-state index in [1.54, 1.807) is 0 Å². The van der Waals surface area contributed by atoms with Crippen LogP contribution in [-0.2, 0) is 0 Å². The first-order chi connectivity index (χ1) is 5.70. The van der Waals surface area contributed by atoms with Gasteiger partial charge < -0.3 is 11.1 Å². The summed E-state index contributed by atoms with van der Waals surface area (Å²) < 4.78 is 0. The highest BCUT2D eigenvalue weighted by molar-refractivity contribution is 7.80. The van der Waals surface area contributed by atoms with Crippen LogP contribution in [0.3, 0.4) is 0 Å². The predicted molar refractivity (Wildman–Crippen MR) is 53.8 cm³/mol. The number of thiocarbonyl (C=S) groups is 1.